The van der Waals surface area contributed by atoms with Crippen LogP contribution in [0.1, 0.15) is 20.3 Å². The van der Waals surface area contributed by atoms with Gasteiger partial charge in [0.25, 0.3) is 0 Å². The molecule has 1 aromatic carbocycles. The number of rotatable bonds is 8. The van der Waals surface area contributed by atoms with Crippen LogP contribution in [0.25, 0.3) is 0 Å². The first-order valence-corrected chi connectivity index (χ1v) is 7.36. The summed E-state index contributed by atoms with van der Waals surface area (Å²) < 4.78 is 13.4. The van der Waals surface area contributed by atoms with Gasteiger partial charge in [0.05, 0.1) is 6.42 Å². The lowest BCUT2D eigenvalue weighted by atomic mass is 10.2. The van der Waals surface area contributed by atoms with Crippen LogP contribution in [0.5, 0.6) is 0 Å². The van der Waals surface area contributed by atoms with E-state index in [1.807, 2.05) is 19.9 Å². The Bertz CT molecular complexity index is 414. The van der Waals surface area contributed by atoms with Crippen molar-refractivity contribution in [2.24, 2.45) is 0 Å². The molecule has 1 unspecified atom stereocenters. The molecule has 19 heavy (non-hydrogen) atoms. The van der Waals surface area contributed by atoms with Gasteiger partial charge in [0.15, 0.2) is 0 Å². The molecule has 1 rings (SSSR count). The Morgan fingerprint density at radius 1 is 1.47 bits per heavy atom. The summed E-state index contributed by atoms with van der Waals surface area (Å²) in [5.41, 5.74) is 0. The highest BCUT2D eigenvalue weighted by Crippen LogP contribution is 2.21. The Kier molecular flexibility index (Phi) is 6.87. The molecule has 3 nitrogen and oxygen atoms in total. The second-order valence-corrected chi connectivity index (χ2v) is 5.49. The fourth-order valence-electron chi connectivity index (χ4n) is 1.91. The Labute approximate surface area is 117 Å². The van der Waals surface area contributed by atoms with E-state index in [0.29, 0.717) is 4.90 Å². The molecular weight excluding hydrogens is 265 g/mol. The van der Waals surface area contributed by atoms with Crippen LogP contribution in [-0.4, -0.2) is 40.9 Å². The summed E-state index contributed by atoms with van der Waals surface area (Å²) in [5, 5.41) is 8.79. The molecule has 0 saturated carbocycles. The quantitative estimate of drug-likeness (QED) is 0.745. The van der Waals surface area contributed by atoms with Crippen molar-refractivity contribution in [1.82, 2.24) is 4.90 Å². The second kappa shape index (κ2) is 8.17. The number of hydrogen-bond donors (Lipinski definition) is 1. The van der Waals surface area contributed by atoms with Gasteiger partial charge in [0, 0.05) is 23.2 Å². The molecule has 106 valence electrons. The van der Waals surface area contributed by atoms with Crippen LogP contribution in [-0.2, 0) is 4.79 Å². The molecule has 0 amide bonds. The molecule has 0 aliphatic rings. The summed E-state index contributed by atoms with van der Waals surface area (Å²) in [6.45, 7) is 5.47. The number of aliphatic carboxylic acids is 1. The second-order valence-electron chi connectivity index (χ2n) is 4.35. The van der Waals surface area contributed by atoms with Crippen LogP contribution in [0.4, 0.5) is 4.39 Å². The highest BCUT2D eigenvalue weighted by Gasteiger charge is 2.15. The van der Waals surface area contributed by atoms with E-state index in [2.05, 4.69) is 4.90 Å². The molecule has 0 spiro atoms. The zero-order chi connectivity index (χ0) is 14.3. The van der Waals surface area contributed by atoms with E-state index in [0.717, 1.165) is 18.8 Å². The van der Waals surface area contributed by atoms with Gasteiger partial charge in [-0.1, -0.05) is 19.1 Å². The monoisotopic (exact) mass is 285 g/mol. The molecule has 0 bridgehead atoms. The molecule has 0 aliphatic carbocycles. The molecule has 1 N–H and O–H groups in total. The summed E-state index contributed by atoms with van der Waals surface area (Å²) in [5.74, 6) is -0.236. The van der Waals surface area contributed by atoms with Crippen LogP contribution in [0.2, 0.25) is 0 Å². The lowest BCUT2D eigenvalue weighted by Gasteiger charge is -2.26. The van der Waals surface area contributed by atoms with Gasteiger partial charge in [-0.05, 0) is 25.6 Å². The minimum Gasteiger partial charge on any atom is -0.481 e. The smallest absolute Gasteiger partial charge is 0.304 e. The highest BCUT2D eigenvalue weighted by molar-refractivity contribution is 7.99. The fourth-order valence-corrected chi connectivity index (χ4v) is 2.83. The van der Waals surface area contributed by atoms with Gasteiger partial charge >= 0.3 is 5.97 Å². The predicted octanol–water partition coefficient (Wildman–Crippen LogP) is 3.10. The number of hydrogen-bond acceptors (Lipinski definition) is 3. The number of carboxylic acid groups (broad SMARTS) is 1. The number of thioether (sulfide) groups is 1. The number of carbonyl (C=O) groups is 1. The normalized spacial score (nSPS) is 12.6. The van der Waals surface area contributed by atoms with Crippen molar-refractivity contribution in [2.45, 2.75) is 31.2 Å². The molecule has 0 saturated heterocycles. The largest absolute Gasteiger partial charge is 0.481 e. The first-order valence-electron chi connectivity index (χ1n) is 6.37. The Morgan fingerprint density at radius 2 is 2.16 bits per heavy atom. The summed E-state index contributed by atoms with van der Waals surface area (Å²) >= 11 is 1.46. The van der Waals surface area contributed by atoms with Crippen LogP contribution in [0, 0.1) is 5.82 Å². The van der Waals surface area contributed by atoms with Crippen LogP contribution >= 0.6 is 11.8 Å². The molecular formula is C14H20FNO2S. The number of nitrogens with zero attached hydrogens (tertiary/aromatic N) is 1. The van der Waals surface area contributed by atoms with Crippen molar-refractivity contribution < 1.29 is 14.3 Å². The van der Waals surface area contributed by atoms with Crippen molar-refractivity contribution in [3.8, 4) is 0 Å². The van der Waals surface area contributed by atoms with E-state index in [1.165, 1.54) is 17.8 Å². The van der Waals surface area contributed by atoms with Gasteiger partial charge in [0.1, 0.15) is 5.82 Å². The van der Waals surface area contributed by atoms with Crippen molar-refractivity contribution in [3.63, 3.8) is 0 Å². The zero-order valence-electron chi connectivity index (χ0n) is 11.3. The third-order valence-electron chi connectivity index (χ3n) is 2.97. The van der Waals surface area contributed by atoms with E-state index >= 15 is 0 Å². The third-order valence-corrected chi connectivity index (χ3v) is 4.00. The van der Waals surface area contributed by atoms with Crippen molar-refractivity contribution in [3.05, 3.63) is 30.1 Å². The fraction of sp³-hybridized carbons (Fsp3) is 0.500. The molecule has 0 fully saturated rings. The molecule has 0 aromatic heterocycles. The van der Waals surface area contributed by atoms with E-state index in [4.69, 9.17) is 5.11 Å². The Balaban J connectivity index is 2.42. The van der Waals surface area contributed by atoms with Gasteiger partial charge in [0.2, 0.25) is 0 Å². The van der Waals surface area contributed by atoms with Gasteiger partial charge in [-0.3, -0.25) is 9.69 Å². The van der Waals surface area contributed by atoms with Crippen LogP contribution in [0.15, 0.2) is 29.2 Å². The van der Waals surface area contributed by atoms with Crippen molar-refractivity contribution in [2.75, 3.05) is 18.8 Å². The lowest BCUT2D eigenvalue weighted by Crippen LogP contribution is -2.36. The maximum absolute atomic E-state index is 13.4. The minimum absolute atomic E-state index is 0.00344. The first-order chi connectivity index (χ1) is 9.04. The SMILES string of the molecule is CCN(CCSc1ccccc1F)C(C)CC(=O)O. The lowest BCUT2D eigenvalue weighted by molar-refractivity contribution is -0.138. The number of benzene rings is 1. The van der Waals surface area contributed by atoms with Gasteiger partial charge in [-0.25, -0.2) is 4.39 Å². The summed E-state index contributed by atoms with van der Waals surface area (Å²) in [6.07, 6.45) is 0.137. The predicted molar refractivity (Wildman–Crippen MR) is 76.1 cm³/mol. The standard InChI is InChI=1S/C14H20FNO2S/c1-3-16(11(2)10-14(17)18)8-9-19-13-7-5-4-6-12(13)15/h4-7,11H,3,8-10H2,1-2H3,(H,17,18). The van der Waals surface area contributed by atoms with Crippen molar-refractivity contribution in [1.29, 1.82) is 0 Å². The van der Waals surface area contributed by atoms with Crippen LogP contribution < -0.4 is 0 Å². The van der Waals surface area contributed by atoms with E-state index in [1.54, 1.807) is 12.1 Å². The third kappa shape index (κ3) is 5.61. The van der Waals surface area contributed by atoms with E-state index in [-0.39, 0.29) is 18.3 Å². The first kappa shape index (κ1) is 16.0. The van der Waals surface area contributed by atoms with Crippen molar-refractivity contribution >= 4 is 17.7 Å². The Morgan fingerprint density at radius 3 is 2.74 bits per heavy atom. The summed E-state index contributed by atoms with van der Waals surface area (Å²) in [6, 6.07) is 6.70. The maximum atomic E-state index is 13.4. The summed E-state index contributed by atoms with van der Waals surface area (Å²) in [7, 11) is 0. The van der Waals surface area contributed by atoms with Gasteiger partial charge < -0.3 is 5.11 Å². The molecule has 0 aliphatic heterocycles. The molecule has 1 aromatic rings. The number of carboxylic acids is 1. The van der Waals surface area contributed by atoms with Gasteiger partial charge in [-0.15, -0.1) is 11.8 Å². The van der Waals surface area contributed by atoms with E-state index in [9.17, 15) is 9.18 Å². The summed E-state index contributed by atoms with van der Waals surface area (Å²) in [4.78, 5) is 13.4. The molecule has 5 heteroatoms. The maximum Gasteiger partial charge on any atom is 0.304 e. The minimum atomic E-state index is -0.785. The number of halogens is 1. The van der Waals surface area contributed by atoms with Gasteiger partial charge in [-0.2, -0.15) is 0 Å². The van der Waals surface area contributed by atoms with Crippen LogP contribution in [0.3, 0.4) is 0 Å². The average molecular weight is 285 g/mol. The Hall–Kier alpha value is -1.07. The highest BCUT2D eigenvalue weighted by atomic mass is 32.2. The molecule has 0 heterocycles. The van der Waals surface area contributed by atoms with E-state index < -0.39 is 5.97 Å². The topological polar surface area (TPSA) is 40.5 Å². The molecule has 1 atom stereocenters. The average Bonchev–Trinajstić information content (AvgIpc) is 2.35. The zero-order valence-corrected chi connectivity index (χ0v) is 12.1. The molecule has 0 radical (unpaired) electrons.